The van der Waals surface area contributed by atoms with Crippen LogP contribution in [0.15, 0.2) is 18.2 Å². The molecule has 1 aliphatic heterocycles. The second kappa shape index (κ2) is 4.23. The maximum absolute atomic E-state index is 11.8. The van der Waals surface area contributed by atoms with Gasteiger partial charge in [0.2, 0.25) is 6.79 Å². The quantitative estimate of drug-likeness (QED) is 0.626. The molecular formula is C11H11BrO3. The van der Waals surface area contributed by atoms with E-state index in [0.29, 0.717) is 17.1 Å². The molecule has 2 rings (SSSR count). The molecular weight excluding hydrogens is 260 g/mol. The number of hydrogen-bond acceptors (Lipinski definition) is 3. The van der Waals surface area contributed by atoms with Crippen LogP contribution in [-0.4, -0.2) is 17.4 Å². The van der Waals surface area contributed by atoms with Crippen LogP contribution < -0.4 is 9.47 Å². The smallest absolute Gasteiger partial charge is 0.231 e. The Morgan fingerprint density at radius 1 is 1.47 bits per heavy atom. The molecule has 0 aliphatic carbocycles. The van der Waals surface area contributed by atoms with Gasteiger partial charge in [0.25, 0.3) is 0 Å². The van der Waals surface area contributed by atoms with Gasteiger partial charge in [-0.05, 0) is 24.6 Å². The molecule has 0 radical (unpaired) electrons. The second-order valence-corrected chi connectivity index (χ2v) is 4.41. The standard InChI is InChI=1S/C11H11BrO3/c1-2-8(12)11(13)7-3-4-9-10(5-7)15-6-14-9/h3-5,8H,2,6H2,1H3/t8-/m0/s1. The fraction of sp³-hybridized carbons (Fsp3) is 0.364. The van der Waals surface area contributed by atoms with Gasteiger partial charge in [-0.3, -0.25) is 4.79 Å². The van der Waals surface area contributed by atoms with Gasteiger partial charge in [-0.25, -0.2) is 0 Å². The summed E-state index contributed by atoms with van der Waals surface area (Å²) in [5.74, 6) is 1.43. The molecule has 0 amide bonds. The number of benzene rings is 1. The zero-order valence-electron chi connectivity index (χ0n) is 8.33. The number of carbonyl (C=O) groups excluding carboxylic acids is 1. The summed E-state index contributed by atoms with van der Waals surface area (Å²) in [6.45, 7) is 2.20. The van der Waals surface area contributed by atoms with E-state index in [2.05, 4.69) is 15.9 Å². The van der Waals surface area contributed by atoms with Crippen molar-refractivity contribution in [2.24, 2.45) is 0 Å². The Morgan fingerprint density at radius 2 is 2.20 bits per heavy atom. The number of hydrogen-bond donors (Lipinski definition) is 0. The predicted octanol–water partition coefficient (Wildman–Crippen LogP) is 2.77. The van der Waals surface area contributed by atoms with Crippen LogP contribution in [0.5, 0.6) is 11.5 Å². The van der Waals surface area contributed by atoms with Gasteiger partial charge in [-0.1, -0.05) is 22.9 Å². The minimum atomic E-state index is -0.127. The van der Waals surface area contributed by atoms with E-state index in [1.165, 1.54) is 0 Å². The first-order valence-corrected chi connectivity index (χ1v) is 5.72. The van der Waals surface area contributed by atoms with Crippen molar-refractivity contribution in [1.29, 1.82) is 0 Å². The second-order valence-electron chi connectivity index (χ2n) is 3.31. The van der Waals surface area contributed by atoms with E-state index < -0.39 is 0 Å². The van der Waals surface area contributed by atoms with Crippen LogP contribution >= 0.6 is 15.9 Å². The van der Waals surface area contributed by atoms with Gasteiger partial charge in [0.1, 0.15) is 0 Å². The highest BCUT2D eigenvalue weighted by Gasteiger charge is 2.19. The maximum Gasteiger partial charge on any atom is 0.231 e. The molecule has 0 unspecified atom stereocenters. The lowest BCUT2D eigenvalue weighted by molar-refractivity contribution is 0.0989. The molecule has 0 spiro atoms. The van der Waals surface area contributed by atoms with Gasteiger partial charge in [-0.15, -0.1) is 0 Å². The van der Waals surface area contributed by atoms with Gasteiger partial charge in [0, 0.05) is 5.56 Å². The highest BCUT2D eigenvalue weighted by molar-refractivity contribution is 9.10. The highest BCUT2D eigenvalue weighted by Crippen LogP contribution is 2.33. The summed E-state index contributed by atoms with van der Waals surface area (Å²) >= 11 is 3.34. The van der Waals surface area contributed by atoms with E-state index in [-0.39, 0.29) is 17.4 Å². The van der Waals surface area contributed by atoms with Crippen LogP contribution in [0.4, 0.5) is 0 Å². The van der Waals surface area contributed by atoms with Crippen molar-refractivity contribution in [2.45, 2.75) is 18.2 Å². The first kappa shape index (κ1) is 10.5. The van der Waals surface area contributed by atoms with Crippen molar-refractivity contribution in [1.82, 2.24) is 0 Å². The van der Waals surface area contributed by atoms with E-state index >= 15 is 0 Å². The molecule has 1 aromatic carbocycles. The van der Waals surface area contributed by atoms with Crippen LogP contribution in [-0.2, 0) is 0 Å². The number of carbonyl (C=O) groups is 1. The number of rotatable bonds is 3. The molecule has 0 saturated heterocycles. The molecule has 1 aliphatic rings. The fourth-order valence-corrected chi connectivity index (χ4v) is 1.68. The summed E-state index contributed by atoms with van der Waals surface area (Å²) in [4.78, 5) is 11.7. The molecule has 15 heavy (non-hydrogen) atoms. The Balaban J connectivity index is 2.26. The molecule has 0 saturated carbocycles. The normalized spacial score (nSPS) is 15.1. The number of alkyl halides is 1. The molecule has 1 atom stereocenters. The maximum atomic E-state index is 11.8. The largest absolute Gasteiger partial charge is 0.454 e. The third kappa shape index (κ3) is 2.00. The SMILES string of the molecule is CC[C@H](Br)C(=O)c1ccc2c(c1)OCO2. The van der Waals surface area contributed by atoms with Gasteiger partial charge in [-0.2, -0.15) is 0 Å². The lowest BCUT2D eigenvalue weighted by atomic mass is 10.1. The molecule has 0 bridgehead atoms. The monoisotopic (exact) mass is 270 g/mol. The number of fused-ring (bicyclic) bond motifs is 1. The van der Waals surface area contributed by atoms with E-state index in [0.717, 1.165) is 6.42 Å². The van der Waals surface area contributed by atoms with E-state index in [1.54, 1.807) is 18.2 Å². The Bertz CT molecular complexity index is 389. The number of Topliss-reactive ketones (excluding diaryl/α,β-unsaturated/α-hetero) is 1. The number of ether oxygens (including phenoxy) is 2. The van der Waals surface area contributed by atoms with Gasteiger partial charge < -0.3 is 9.47 Å². The van der Waals surface area contributed by atoms with Gasteiger partial charge in [0.05, 0.1) is 4.83 Å². The average Bonchev–Trinajstić information content (AvgIpc) is 2.73. The van der Waals surface area contributed by atoms with Crippen LogP contribution in [0.25, 0.3) is 0 Å². The zero-order chi connectivity index (χ0) is 10.8. The van der Waals surface area contributed by atoms with Gasteiger partial charge >= 0.3 is 0 Å². The van der Waals surface area contributed by atoms with Crippen LogP contribution in [0.1, 0.15) is 23.7 Å². The summed E-state index contributed by atoms with van der Waals surface area (Å²) in [5, 5.41) is 0. The Kier molecular flexibility index (Phi) is 2.95. The lowest BCUT2D eigenvalue weighted by Gasteiger charge is -2.06. The third-order valence-electron chi connectivity index (χ3n) is 2.30. The molecule has 1 aromatic rings. The van der Waals surface area contributed by atoms with Crippen molar-refractivity contribution < 1.29 is 14.3 Å². The molecule has 3 nitrogen and oxygen atoms in total. The third-order valence-corrected chi connectivity index (χ3v) is 3.36. The number of ketones is 1. The van der Waals surface area contributed by atoms with Crippen LogP contribution in [0, 0.1) is 0 Å². The van der Waals surface area contributed by atoms with Crippen molar-refractivity contribution >= 4 is 21.7 Å². The highest BCUT2D eigenvalue weighted by atomic mass is 79.9. The Hall–Kier alpha value is -1.03. The fourth-order valence-electron chi connectivity index (χ4n) is 1.42. The van der Waals surface area contributed by atoms with Crippen molar-refractivity contribution in [3.05, 3.63) is 23.8 Å². The summed E-state index contributed by atoms with van der Waals surface area (Å²) < 4.78 is 10.4. The summed E-state index contributed by atoms with van der Waals surface area (Å²) in [6, 6.07) is 5.26. The van der Waals surface area contributed by atoms with Crippen LogP contribution in [0.3, 0.4) is 0 Å². The summed E-state index contributed by atoms with van der Waals surface area (Å²) in [5.41, 5.74) is 0.656. The van der Waals surface area contributed by atoms with Crippen LogP contribution in [0.2, 0.25) is 0 Å². The number of halogens is 1. The first-order chi connectivity index (χ1) is 7.22. The van der Waals surface area contributed by atoms with Crippen molar-refractivity contribution in [2.75, 3.05) is 6.79 Å². The molecule has 4 heteroatoms. The average molecular weight is 271 g/mol. The summed E-state index contributed by atoms with van der Waals surface area (Å²) in [6.07, 6.45) is 0.771. The zero-order valence-corrected chi connectivity index (χ0v) is 9.91. The van der Waals surface area contributed by atoms with Crippen molar-refractivity contribution in [3.8, 4) is 11.5 Å². The lowest BCUT2D eigenvalue weighted by Crippen LogP contribution is -2.12. The molecule has 80 valence electrons. The topological polar surface area (TPSA) is 35.5 Å². The van der Waals surface area contributed by atoms with E-state index in [9.17, 15) is 4.79 Å². The van der Waals surface area contributed by atoms with Crippen molar-refractivity contribution in [3.63, 3.8) is 0 Å². The Labute approximate surface area is 96.5 Å². The van der Waals surface area contributed by atoms with Gasteiger partial charge in [0.15, 0.2) is 17.3 Å². The molecule has 0 N–H and O–H groups in total. The first-order valence-electron chi connectivity index (χ1n) is 4.80. The summed E-state index contributed by atoms with van der Waals surface area (Å²) in [7, 11) is 0. The Morgan fingerprint density at radius 3 is 2.93 bits per heavy atom. The van der Waals surface area contributed by atoms with E-state index in [4.69, 9.17) is 9.47 Å². The molecule has 1 heterocycles. The predicted molar refractivity (Wildman–Crippen MR) is 59.9 cm³/mol. The minimum absolute atomic E-state index is 0.0794. The minimum Gasteiger partial charge on any atom is -0.454 e. The molecule has 0 aromatic heterocycles. The van der Waals surface area contributed by atoms with E-state index in [1.807, 2.05) is 6.92 Å². The molecule has 0 fully saturated rings.